The van der Waals surface area contributed by atoms with Crippen LogP contribution in [0.3, 0.4) is 0 Å². The largest absolute Gasteiger partial charge is 0.490 e. The maximum atomic E-state index is 12.5. The molecule has 0 amide bonds. The van der Waals surface area contributed by atoms with Gasteiger partial charge in [0.05, 0.1) is 0 Å². The van der Waals surface area contributed by atoms with Crippen molar-refractivity contribution in [3.63, 3.8) is 0 Å². The number of carbonyl (C=O) groups excluding carboxylic acids is 1. The van der Waals surface area contributed by atoms with Crippen LogP contribution in [0.4, 0.5) is 0 Å². The lowest BCUT2D eigenvalue weighted by atomic mass is 9.79. The van der Waals surface area contributed by atoms with Gasteiger partial charge in [0, 0.05) is 35.0 Å². The minimum Gasteiger partial charge on any atom is -0.490 e. The molecule has 1 heterocycles. The van der Waals surface area contributed by atoms with Crippen molar-refractivity contribution in [3.8, 4) is 5.75 Å². The molecule has 138 valence electrons. The summed E-state index contributed by atoms with van der Waals surface area (Å²) in [5.74, 6) is 0.870. The SMILES string of the molecule is CN1C(C)(C)CC(Oc2ccc(C(=O)c3ccccc3)cc2)CC1(C)C. The summed E-state index contributed by atoms with van der Waals surface area (Å²) in [4.78, 5) is 15.0. The highest BCUT2D eigenvalue weighted by Gasteiger charge is 2.43. The third kappa shape index (κ3) is 3.83. The van der Waals surface area contributed by atoms with Crippen LogP contribution in [0.25, 0.3) is 0 Å². The van der Waals surface area contributed by atoms with Crippen LogP contribution in [0.15, 0.2) is 54.6 Å². The lowest BCUT2D eigenvalue weighted by Gasteiger charge is -2.53. The van der Waals surface area contributed by atoms with Crippen LogP contribution < -0.4 is 4.74 Å². The van der Waals surface area contributed by atoms with E-state index in [1.807, 2.05) is 54.6 Å². The molecule has 3 nitrogen and oxygen atoms in total. The van der Waals surface area contributed by atoms with Gasteiger partial charge in [-0.05, 0) is 59.0 Å². The molecule has 1 aliphatic heterocycles. The van der Waals surface area contributed by atoms with E-state index >= 15 is 0 Å². The summed E-state index contributed by atoms with van der Waals surface area (Å²) in [5, 5.41) is 0. The maximum absolute atomic E-state index is 12.5. The molecular weight excluding hydrogens is 322 g/mol. The van der Waals surface area contributed by atoms with E-state index < -0.39 is 0 Å². The number of nitrogens with zero attached hydrogens (tertiary/aromatic N) is 1. The zero-order chi connectivity index (χ0) is 18.9. The molecule has 1 saturated heterocycles. The number of ether oxygens (including phenoxy) is 1. The van der Waals surface area contributed by atoms with E-state index in [4.69, 9.17) is 4.74 Å². The van der Waals surface area contributed by atoms with Crippen LogP contribution in [-0.2, 0) is 0 Å². The first kappa shape index (κ1) is 18.7. The Balaban J connectivity index is 1.71. The van der Waals surface area contributed by atoms with Crippen molar-refractivity contribution in [2.45, 2.75) is 57.7 Å². The second kappa shape index (κ2) is 6.88. The van der Waals surface area contributed by atoms with Gasteiger partial charge in [0.15, 0.2) is 5.78 Å². The van der Waals surface area contributed by atoms with E-state index in [9.17, 15) is 4.79 Å². The number of carbonyl (C=O) groups is 1. The van der Waals surface area contributed by atoms with Crippen molar-refractivity contribution in [3.05, 3.63) is 65.7 Å². The van der Waals surface area contributed by atoms with Crippen molar-refractivity contribution in [1.82, 2.24) is 4.90 Å². The van der Waals surface area contributed by atoms with E-state index in [1.54, 1.807) is 0 Å². The molecule has 0 radical (unpaired) electrons. The van der Waals surface area contributed by atoms with Gasteiger partial charge in [-0.15, -0.1) is 0 Å². The van der Waals surface area contributed by atoms with Crippen LogP contribution in [0.1, 0.15) is 56.5 Å². The van der Waals surface area contributed by atoms with Gasteiger partial charge in [0.2, 0.25) is 0 Å². The monoisotopic (exact) mass is 351 g/mol. The summed E-state index contributed by atoms with van der Waals surface area (Å²) in [6.07, 6.45) is 2.14. The van der Waals surface area contributed by atoms with Gasteiger partial charge < -0.3 is 4.74 Å². The molecule has 0 aliphatic carbocycles. The first-order chi connectivity index (χ1) is 12.2. The normalized spacial score (nSPS) is 19.9. The molecule has 2 aromatic rings. The topological polar surface area (TPSA) is 29.5 Å². The predicted octanol–water partition coefficient (Wildman–Crippen LogP) is 4.95. The van der Waals surface area contributed by atoms with Crippen molar-refractivity contribution < 1.29 is 9.53 Å². The Hall–Kier alpha value is -2.13. The number of ketones is 1. The predicted molar refractivity (Wildman–Crippen MR) is 106 cm³/mol. The third-order valence-corrected chi connectivity index (χ3v) is 5.73. The zero-order valence-corrected chi connectivity index (χ0v) is 16.5. The van der Waals surface area contributed by atoms with E-state index in [0.29, 0.717) is 11.1 Å². The summed E-state index contributed by atoms with van der Waals surface area (Å²) >= 11 is 0. The molecule has 0 bridgehead atoms. The fourth-order valence-electron chi connectivity index (χ4n) is 4.00. The molecule has 0 atom stereocenters. The Morgan fingerprint density at radius 3 is 1.92 bits per heavy atom. The van der Waals surface area contributed by atoms with Crippen LogP contribution in [0, 0.1) is 0 Å². The van der Waals surface area contributed by atoms with E-state index in [0.717, 1.165) is 18.6 Å². The Kier molecular flexibility index (Phi) is 4.94. The summed E-state index contributed by atoms with van der Waals surface area (Å²) in [6, 6.07) is 16.9. The Bertz CT molecular complexity index is 745. The summed E-state index contributed by atoms with van der Waals surface area (Å²) < 4.78 is 6.28. The van der Waals surface area contributed by atoms with E-state index in [1.165, 1.54) is 0 Å². The molecule has 1 aliphatic rings. The van der Waals surface area contributed by atoms with Crippen LogP contribution in [-0.4, -0.2) is 34.9 Å². The van der Waals surface area contributed by atoms with Gasteiger partial charge in [0.1, 0.15) is 11.9 Å². The van der Waals surface area contributed by atoms with Crippen molar-refractivity contribution in [2.75, 3.05) is 7.05 Å². The fraction of sp³-hybridized carbons (Fsp3) is 0.435. The minimum absolute atomic E-state index is 0.0405. The Labute approximate surface area is 157 Å². The highest BCUT2D eigenvalue weighted by Crippen LogP contribution is 2.38. The van der Waals surface area contributed by atoms with Gasteiger partial charge >= 0.3 is 0 Å². The number of benzene rings is 2. The summed E-state index contributed by atoms with van der Waals surface area (Å²) in [7, 11) is 2.19. The summed E-state index contributed by atoms with van der Waals surface area (Å²) in [5.41, 5.74) is 1.58. The highest BCUT2D eigenvalue weighted by atomic mass is 16.5. The highest BCUT2D eigenvalue weighted by molar-refractivity contribution is 6.08. The number of likely N-dealkylation sites (tertiary alicyclic amines) is 1. The first-order valence-electron chi connectivity index (χ1n) is 9.29. The summed E-state index contributed by atoms with van der Waals surface area (Å²) in [6.45, 7) is 9.08. The molecule has 0 saturated carbocycles. The van der Waals surface area contributed by atoms with Gasteiger partial charge in [-0.2, -0.15) is 0 Å². The molecule has 0 unspecified atom stereocenters. The quantitative estimate of drug-likeness (QED) is 0.730. The average Bonchev–Trinajstić information content (AvgIpc) is 2.60. The van der Waals surface area contributed by atoms with Gasteiger partial charge in [-0.1, -0.05) is 30.3 Å². The zero-order valence-electron chi connectivity index (χ0n) is 16.5. The molecular formula is C23H29NO2. The van der Waals surface area contributed by atoms with E-state index in [2.05, 4.69) is 39.6 Å². The average molecular weight is 351 g/mol. The standard InChI is InChI=1S/C23H29NO2/c1-22(2)15-20(16-23(3,4)24(22)5)26-19-13-11-18(12-14-19)21(25)17-9-7-6-8-10-17/h6-14,20H,15-16H2,1-5H3. The first-order valence-corrected chi connectivity index (χ1v) is 9.29. The number of rotatable bonds is 4. The van der Waals surface area contributed by atoms with Gasteiger partial charge in [0.25, 0.3) is 0 Å². The molecule has 0 spiro atoms. The van der Waals surface area contributed by atoms with Crippen LogP contribution >= 0.6 is 0 Å². The van der Waals surface area contributed by atoms with Gasteiger partial charge in [-0.25, -0.2) is 0 Å². The molecule has 0 N–H and O–H groups in total. The molecule has 3 rings (SSSR count). The Morgan fingerprint density at radius 1 is 0.885 bits per heavy atom. The Morgan fingerprint density at radius 2 is 1.38 bits per heavy atom. The lowest BCUT2D eigenvalue weighted by Crippen LogP contribution is -2.60. The minimum atomic E-state index is 0.0405. The number of piperidine rings is 1. The smallest absolute Gasteiger partial charge is 0.193 e. The van der Waals surface area contributed by atoms with Crippen molar-refractivity contribution >= 4 is 5.78 Å². The molecule has 0 aromatic heterocycles. The van der Waals surface area contributed by atoms with Crippen LogP contribution in [0.5, 0.6) is 5.75 Å². The number of hydrogen-bond donors (Lipinski definition) is 0. The molecule has 1 fully saturated rings. The van der Waals surface area contributed by atoms with Crippen LogP contribution in [0.2, 0.25) is 0 Å². The van der Waals surface area contributed by atoms with Gasteiger partial charge in [-0.3, -0.25) is 9.69 Å². The second-order valence-electron chi connectivity index (χ2n) is 8.55. The number of hydrogen-bond acceptors (Lipinski definition) is 3. The van der Waals surface area contributed by atoms with Crippen molar-refractivity contribution in [1.29, 1.82) is 0 Å². The fourth-order valence-corrected chi connectivity index (χ4v) is 4.00. The van der Waals surface area contributed by atoms with E-state index in [-0.39, 0.29) is 23.0 Å². The maximum Gasteiger partial charge on any atom is 0.193 e. The van der Waals surface area contributed by atoms with Crippen molar-refractivity contribution in [2.24, 2.45) is 0 Å². The lowest BCUT2D eigenvalue weighted by molar-refractivity contribution is -0.0556. The second-order valence-corrected chi connectivity index (χ2v) is 8.55. The molecule has 3 heteroatoms. The molecule has 2 aromatic carbocycles. The molecule has 26 heavy (non-hydrogen) atoms. The third-order valence-electron chi connectivity index (χ3n) is 5.73.